The minimum Gasteiger partial charge on any atom is -0.444 e. The summed E-state index contributed by atoms with van der Waals surface area (Å²) in [6, 6.07) is 2.71. The molecule has 1 aliphatic heterocycles. The van der Waals surface area contributed by atoms with Crippen molar-refractivity contribution in [2.45, 2.75) is 76.6 Å². The zero-order valence-corrected chi connectivity index (χ0v) is 26.8. The van der Waals surface area contributed by atoms with Gasteiger partial charge in [-0.2, -0.15) is 13.2 Å². The van der Waals surface area contributed by atoms with Crippen molar-refractivity contribution in [2.75, 3.05) is 37.4 Å². The number of piperidine rings is 1. The van der Waals surface area contributed by atoms with Crippen molar-refractivity contribution in [3.63, 3.8) is 0 Å². The molecule has 2 amide bonds. The van der Waals surface area contributed by atoms with Gasteiger partial charge in [0.2, 0.25) is 11.3 Å². The first kappa shape index (κ1) is 32.5. The molecule has 1 N–H and O–H groups in total. The molecule has 2 aliphatic rings. The SMILES string of the molecule is CC1CC2(CCN(C(=O)OC(C)(C)C)CC2)c2c1n(CC(=O)Nc1ccc(C(F)(F)F)cc1Cl)c1ncc(N(C)C)nc1c2=O. The van der Waals surface area contributed by atoms with Crippen molar-refractivity contribution < 1.29 is 27.5 Å². The highest BCUT2D eigenvalue weighted by Gasteiger charge is 2.49. The van der Waals surface area contributed by atoms with Crippen molar-refractivity contribution in [3.8, 4) is 0 Å². The highest BCUT2D eigenvalue weighted by atomic mass is 35.5. The number of carbonyl (C=O) groups is 2. The van der Waals surface area contributed by atoms with E-state index in [9.17, 15) is 27.6 Å². The molecule has 0 bridgehead atoms. The number of hydrogen-bond donors (Lipinski definition) is 1. The molecule has 1 aliphatic carbocycles. The van der Waals surface area contributed by atoms with Gasteiger partial charge in [0.15, 0.2) is 11.2 Å². The quantitative estimate of drug-likeness (QED) is 0.373. The number of benzene rings is 1. The number of likely N-dealkylation sites (tertiary alicyclic amines) is 1. The van der Waals surface area contributed by atoms with Gasteiger partial charge in [-0.05, 0) is 64.2 Å². The Bertz CT molecular complexity index is 1730. The van der Waals surface area contributed by atoms with E-state index >= 15 is 0 Å². The first-order valence-electron chi connectivity index (χ1n) is 14.7. The summed E-state index contributed by atoms with van der Waals surface area (Å²) in [5.74, 6) is -0.231. The van der Waals surface area contributed by atoms with Crippen LogP contribution in [-0.2, 0) is 27.7 Å². The molecule has 45 heavy (non-hydrogen) atoms. The maximum Gasteiger partial charge on any atom is 0.416 e. The number of nitrogens with zero attached hydrogens (tertiary/aromatic N) is 5. The number of nitrogens with one attached hydrogen (secondary N) is 1. The molecule has 1 unspecified atom stereocenters. The third-order valence-electron chi connectivity index (χ3n) is 8.38. The fraction of sp³-hybridized carbons (Fsp3) is 0.516. The summed E-state index contributed by atoms with van der Waals surface area (Å²) in [5.41, 5.74) is -0.777. The monoisotopic (exact) mass is 648 g/mol. The third kappa shape index (κ3) is 6.31. The minimum atomic E-state index is -4.58. The average molecular weight is 649 g/mol. The molecule has 2 aromatic heterocycles. The van der Waals surface area contributed by atoms with Crippen LogP contribution in [-0.4, -0.2) is 64.2 Å². The Morgan fingerprint density at radius 3 is 2.42 bits per heavy atom. The third-order valence-corrected chi connectivity index (χ3v) is 8.69. The Morgan fingerprint density at radius 2 is 1.84 bits per heavy atom. The Hall–Kier alpha value is -3.87. The number of pyridine rings is 1. The Labute approximate surface area is 263 Å². The zero-order valence-electron chi connectivity index (χ0n) is 26.0. The van der Waals surface area contributed by atoms with Gasteiger partial charge in [0.25, 0.3) is 0 Å². The largest absolute Gasteiger partial charge is 0.444 e. The number of ether oxygens (including phenoxy) is 1. The molecular formula is C31H36ClF3N6O4. The molecule has 5 rings (SSSR count). The smallest absolute Gasteiger partial charge is 0.416 e. The number of aromatic nitrogens is 3. The van der Waals surface area contributed by atoms with Crippen molar-refractivity contribution in [1.82, 2.24) is 19.4 Å². The first-order valence-corrected chi connectivity index (χ1v) is 15.0. The lowest BCUT2D eigenvalue weighted by atomic mass is 9.73. The molecule has 3 heterocycles. The summed E-state index contributed by atoms with van der Waals surface area (Å²) in [6.45, 7) is 7.93. The topological polar surface area (TPSA) is 110 Å². The van der Waals surface area contributed by atoms with E-state index in [4.69, 9.17) is 16.3 Å². The fourth-order valence-electron chi connectivity index (χ4n) is 6.42. The Balaban J connectivity index is 1.54. The van der Waals surface area contributed by atoms with Gasteiger partial charge in [0, 0.05) is 43.9 Å². The van der Waals surface area contributed by atoms with Gasteiger partial charge < -0.3 is 24.4 Å². The number of halogens is 4. The molecule has 14 heteroatoms. The van der Waals surface area contributed by atoms with E-state index in [-0.39, 0.29) is 39.8 Å². The van der Waals surface area contributed by atoms with Crippen LogP contribution in [0.3, 0.4) is 0 Å². The summed E-state index contributed by atoms with van der Waals surface area (Å²) in [5, 5.41) is 2.35. The van der Waals surface area contributed by atoms with E-state index in [1.54, 1.807) is 28.5 Å². The van der Waals surface area contributed by atoms with Crippen molar-refractivity contribution in [2.24, 2.45) is 0 Å². The van der Waals surface area contributed by atoms with Crippen LogP contribution >= 0.6 is 11.6 Å². The van der Waals surface area contributed by atoms with E-state index in [0.29, 0.717) is 49.4 Å². The lowest BCUT2D eigenvalue weighted by Gasteiger charge is -2.40. The van der Waals surface area contributed by atoms with Crippen molar-refractivity contribution >= 4 is 46.3 Å². The summed E-state index contributed by atoms with van der Waals surface area (Å²) in [4.78, 5) is 53.0. The molecule has 1 atom stereocenters. The van der Waals surface area contributed by atoms with Crippen molar-refractivity contribution in [1.29, 1.82) is 0 Å². The average Bonchev–Trinajstić information content (AvgIpc) is 3.21. The van der Waals surface area contributed by atoms with Crippen LogP contribution in [0, 0.1) is 0 Å². The van der Waals surface area contributed by atoms with Gasteiger partial charge >= 0.3 is 12.3 Å². The number of alkyl halides is 3. The zero-order chi connectivity index (χ0) is 33.1. The summed E-state index contributed by atoms with van der Waals surface area (Å²) in [6.07, 6.45) is -1.79. The summed E-state index contributed by atoms with van der Waals surface area (Å²) in [7, 11) is 3.55. The van der Waals surface area contributed by atoms with Gasteiger partial charge in [-0.25, -0.2) is 14.8 Å². The van der Waals surface area contributed by atoms with E-state index in [1.165, 1.54) is 6.20 Å². The number of rotatable bonds is 4. The van der Waals surface area contributed by atoms with Crippen LogP contribution in [0.5, 0.6) is 0 Å². The molecule has 1 aromatic carbocycles. The molecule has 3 aromatic rings. The molecule has 0 radical (unpaired) electrons. The van der Waals surface area contributed by atoms with Crippen LogP contribution in [0.4, 0.5) is 29.5 Å². The maximum absolute atomic E-state index is 14.3. The van der Waals surface area contributed by atoms with Gasteiger partial charge in [-0.1, -0.05) is 18.5 Å². The molecular weight excluding hydrogens is 613 g/mol. The lowest BCUT2D eigenvalue weighted by Crippen LogP contribution is -2.47. The minimum absolute atomic E-state index is 0.0247. The predicted molar refractivity (Wildman–Crippen MR) is 165 cm³/mol. The number of anilines is 2. The number of hydrogen-bond acceptors (Lipinski definition) is 7. The van der Waals surface area contributed by atoms with Crippen LogP contribution in [0.2, 0.25) is 5.02 Å². The summed E-state index contributed by atoms with van der Waals surface area (Å²) < 4.78 is 46.7. The Morgan fingerprint density at radius 1 is 1.18 bits per heavy atom. The van der Waals surface area contributed by atoms with Crippen LogP contribution in [0.25, 0.3) is 11.2 Å². The second-order valence-electron chi connectivity index (χ2n) is 13.1. The second-order valence-corrected chi connectivity index (χ2v) is 13.5. The van der Waals surface area contributed by atoms with Crippen LogP contribution in [0.1, 0.15) is 69.7 Å². The molecule has 1 fully saturated rings. The normalized spacial score (nSPS) is 17.8. The van der Waals surface area contributed by atoms with Crippen molar-refractivity contribution in [3.05, 3.63) is 56.5 Å². The first-order chi connectivity index (χ1) is 20.9. The molecule has 0 saturated carbocycles. The van der Waals surface area contributed by atoms with Gasteiger partial charge in [-0.15, -0.1) is 0 Å². The maximum atomic E-state index is 14.3. The Kier molecular flexibility index (Phi) is 8.30. The van der Waals surface area contributed by atoms with E-state index in [2.05, 4.69) is 15.3 Å². The van der Waals surface area contributed by atoms with E-state index in [0.717, 1.165) is 18.2 Å². The van der Waals surface area contributed by atoms with Crippen LogP contribution < -0.4 is 15.6 Å². The molecule has 10 nitrogen and oxygen atoms in total. The van der Waals surface area contributed by atoms with Gasteiger partial charge in [0.05, 0.1) is 22.5 Å². The number of amides is 2. The van der Waals surface area contributed by atoms with Crippen LogP contribution in [0.15, 0.2) is 29.2 Å². The standard InChI is InChI=1S/C31H36ClF3N6O4/c1-17-14-30(9-11-40(12-10-30)28(44)45-29(2,3)4)23-25(17)41(27-24(26(23)43)38-21(15-36-27)39(5)6)16-22(42)37-20-8-7-18(13-19(20)32)31(33,34)35/h7-8,13,15,17H,9-12,14,16H2,1-6H3,(H,37,42). The van der Waals surface area contributed by atoms with Gasteiger partial charge in [0.1, 0.15) is 18.0 Å². The predicted octanol–water partition coefficient (Wildman–Crippen LogP) is 5.94. The lowest BCUT2D eigenvalue weighted by molar-refractivity contribution is -0.137. The summed E-state index contributed by atoms with van der Waals surface area (Å²) >= 11 is 6.10. The highest BCUT2D eigenvalue weighted by molar-refractivity contribution is 6.33. The number of carbonyl (C=O) groups excluding carboxylic acids is 2. The fourth-order valence-corrected chi connectivity index (χ4v) is 6.64. The molecule has 1 spiro atoms. The second kappa shape index (κ2) is 11.5. The number of fused-ring (bicyclic) bond motifs is 3. The molecule has 1 saturated heterocycles. The van der Waals surface area contributed by atoms with E-state index in [1.807, 2.05) is 27.7 Å². The molecule has 242 valence electrons. The highest BCUT2D eigenvalue weighted by Crippen LogP contribution is 2.51. The van der Waals surface area contributed by atoms with E-state index < -0.39 is 34.8 Å². The van der Waals surface area contributed by atoms with Gasteiger partial charge in [-0.3, -0.25) is 9.59 Å².